The molecule has 1 aromatic carbocycles. The fraction of sp³-hybridized carbons (Fsp3) is 0.458. The van der Waals surface area contributed by atoms with Crippen LogP contribution >= 0.6 is 0 Å². The van der Waals surface area contributed by atoms with Crippen molar-refractivity contribution >= 4 is 17.5 Å². The Kier molecular flexibility index (Phi) is 8.55. The normalized spacial score (nSPS) is 14.9. The number of piperazine rings is 1. The van der Waals surface area contributed by atoms with E-state index < -0.39 is 0 Å². The van der Waals surface area contributed by atoms with E-state index in [4.69, 9.17) is 0 Å². The number of carbonyl (C=O) groups excluding carboxylic acids is 2. The first-order valence-corrected chi connectivity index (χ1v) is 11.0. The summed E-state index contributed by atoms with van der Waals surface area (Å²) >= 11 is 0. The number of amides is 2. The maximum atomic E-state index is 12.9. The maximum absolute atomic E-state index is 12.9. The van der Waals surface area contributed by atoms with Gasteiger partial charge in [-0.15, -0.1) is 0 Å². The summed E-state index contributed by atoms with van der Waals surface area (Å²) in [5.41, 5.74) is 3.06. The fourth-order valence-electron chi connectivity index (χ4n) is 3.78. The molecule has 0 spiro atoms. The van der Waals surface area contributed by atoms with Gasteiger partial charge in [0.1, 0.15) is 0 Å². The number of para-hydroxylation sites is 1. The van der Waals surface area contributed by atoms with Crippen molar-refractivity contribution in [2.24, 2.45) is 0 Å². The average Bonchev–Trinajstić information content (AvgIpc) is 2.77. The summed E-state index contributed by atoms with van der Waals surface area (Å²) in [7, 11) is 0. The third-order valence-electron chi connectivity index (χ3n) is 5.58. The van der Waals surface area contributed by atoms with E-state index in [1.165, 1.54) is 5.56 Å². The number of rotatable bonds is 9. The Bertz CT molecular complexity index is 850. The molecule has 1 fully saturated rings. The number of hydrogen-bond acceptors (Lipinski definition) is 5. The Morgan fingerprint density at radius 1 is 1.03 bits per heavy atom. The molecular weight excluding hydrogens is 390 g/mol. The molecule has 0 atom stereocenters. The topological polar surface area (TPSA) is 68.8 Å². The lowest BCUT2D eigenvalue weighted by Crippen LogP contribution is -2.50. The lowest BCUT2D eigenvalue weighted by molar-refractivity contribution is -0.136. The second-order valence-corrected chi connectivity index (χ2v) is 8.09. The molecule has 3 rings (SSSR count). The highest BCUT2D eigenvalue weighted by Crippen LogP contribution is 2.13. The number of hydrogen-bond donors (Lipinski definition) is 1. The molecule has 0 radical (unpaired) electrons. The van der Waals surface area contributed by atoms with Crippen LogP contribution in [0.25, 0.3) is 0 Å². The van der Waals surface area contributed by atoms with Crippen LogP contribution in [0, 0.1) is 6.92 Å². The molecule has 1 aliphatic heterocycles. The van der Waals surface area contributed by atoms with E-state index >= 15 is 0 Å². The molecule has 1 aromatic heterocycles. The van der Waals surface area contributed by atoms with E-state index in [9.17, 15) is 9.59 Å². The lowest BCUT2D eigenvalue weighted by atomic mass is 10.2. The van der Waals surface area contributed by atoms with Gasteiger partial charge in [0.25, 0.3) is 0 Å². The van der Waals surface area contributed by atoms with Crippen LogP contribution in [0.3, 0.4) is 0 Å². The van der Waals surface area contributed by atoms with E-state index in [2.05, 4.69) is 20.1 Å². The summed E-state index contributed by atoms with van der Waals surface area (Å²) in [6, 6.07) is 11.8. The number of nitrogens with zero attached hydrogens (tertiary/aromatic N) is 4. The average molecular weight is 424 g/mol. The van der Waals surface area contributed by atoms with E-state index in [0.717, 1.165) is 50.4 Å². The van der Waals surface area contributed by atoms with Crippen LogP contribution in [-0.2, 0) is 16.1 Å². The molecule has 1 aliphatic rings. The molecule has 0 saturated carbocycles. The molecule has 31 heavy (non-hydrogen) atoms. The van der Waals surface area contributed by atoms with Crippen LogP contribution < -0.4 is 5.32 Å². The van der Waals surface area contributed by atoms with Crippen LogP contribution in [0.1, 0.15) is 24.5 Å². The first kappa shape index (κ1) is 22.9. The van der Waals surface area contributed by atoms with Crippen molar-refractivity contribution in [1.82, 2.24) is 19.7 Å². The number of pyridine rings is 1. The molecule has 0 unspecified atom stereocenters. The number of carbonyl (C=O) groups is 2. The molecule has 1 saturated heterocycles. The van der Waals surface area contributed by atoms with Crippen molar-refractivity contribution in [2.45, 2.75) is 26.8 Å². The maximum Gasteiger partial charge on any atom is 0.244 e. The summed E-state index contributed by atoms with van der Waals surface area (Å²) in [5.74, 6) is -0.136. The number of aromatic nitrogens is 1. The predicted octanol–water partition coefficient (Wildman–Crippen LogP) is 2.38. The summed E-state index contributed by atoms with van der Waals surface area (Å²) in [6.07, 6.45) is 4.47. The third kappa shape index (κ3) is 7.15. The van der Waals surface area contributed by atoms with Gasteiger partial charge in [-0.05, 0) is 42.7 Å². The highest BCUT2D eigenvalue weighted by molar-refractivity contribution is 5.95. The van der Waals surface area contributed by atoms with Gasteiger partial charge in [-0.3, -0.25) is 24.4 Å². The van der Waals surface area contributed by atoms with E-state index in [1.807, 2.05) is 62.6 Å². The van der Waals surface area contributed by atoms with Crippen LogP contribution in [0.2, 0.25) is 0 Å². The van der Waals surface area contributed by atoms with Crippen LogP contribution in [0.4, 0.5) is 5.69 Å². The Labute approximate surface area is 185 Å². The number of nitrogens with one attached hydrogen (secondary N) is 1. The largest absolute Gasteiger partial charge is 0.332 e. The van der Waals surface area contributed by atoms with Crippen LogP contribution in [-0.4, -0.2) is 77.3 Å². The first-order valence-electron chi connectivity index (χ1n) is 11.0. The quantitative estimate of drug-likeness (QED) is 0.671. The molecule has 7 nitrogen and oxygen atoms in total. The minimum absolute atomic E-state index is 0.0179. The van der Waals surface area contributed by atoms with Gasteiger partial charge in [-0.1, -0.05) is 25.1 Å². The van der Waals surface area contributed by atoms with Gasteiger partial charge in [-0.25, -0.2) is 0 Å². The fourth-order valence-corrected chi connectivity index (χ4v) is 3.78. The SMILES string of the molecule is CCCN(CC(=O)Nc1ccccc1C)C(=O)CN1CCN(Cc2ccncc2)CC1. The van der Waals surface area contributed by atoms with Gasteiger partial charge in [-0.2, -0.15) is 0 Å². The minimum Gasteiger partial charge on any atom is -0.332 e. The highest BCUT2D eigenvalue weighted by atomic mass is 16.2. The number of benzene rings is 1. The van der Waals surface area contributed by atoms with Crippen molar-refractivity contribution in [3.8, 4) is 0 Å². The molecule has 1 N–H and O–H groups in total. The number of aryl methyl sites for hydroxylation is 1. The summed E-state index contributed by atoms with van der Waals surface area (Å²) in [5, 5.41) is 2.93. The molecule has 0 aliphatic carbocycles. The summed E-state index contributed by atoms with van der Waals surface area (Å²) < 4.78 is 0. The third-order valence-corrected chi connectivity index (χ3v) is 5.58. The Balaban J connectivity index is 1.47. The highest BCUT2D eigenvalue weighted by Gasteiger charge is 2.23. The zero-order chi connectivity index (χ0) is 22.1. The molecule has 2 amide bonds. The Hall–Kier alpha value is -2.77. The van der Waals surface area contributed by atoms with E-state index in [0.29, 0.717) is 13.1 Å². The van der Waals surface area contributed by atoms with Crippen molar-refractivity contribution in [2.75, 3.05) is 51.1 Å². The monoisotopic (exact) mass is 423 g/mol. The zero-order valence-electron chi connectivity index (χ0n) is 18.6. The van der Waals surface area contributed by atoms with Crippen molar-refractivity contribution < 1.29 is 9.59 Å². The van der Waals surface area contributed by atoms with Crippen molar-refractivity contribution in [3.63, 3.8) is 0 Å². The Morgan fingerprint density at radius 2 is 1.71 bits per heavy atom. The standard InChI is InChI=1S/C24H33N5O2/c1-3-12-29(18-23(30)26-22-7-5-4-6-20(22)2)24(31)19-28-15-13-27(14-16-28)17-21-8-10-25-11-9-21/h4-11H,3,12-19H2,1-2H3,(H,26,30). The van der Waals surface area contributed by atoms with Crippen LogP contribution in [0.5, 0.6) is 0 Å². The predicted molar refractivity (Wildman–Crippen MR) is 123 cm³/mol. The molecule has 2 heterocycles. The molecular formula is C24H33N5O2. The summed E-state index contributed by atoms with van der Waals surface area (Å²) in [4.78, 5) is 35.8. The number of anilines is 1. The van der Waals surface area contributed by atoms with E-state index in [-0.39, 0.29) is 18.4 Å². The molecule has 0 bridgehead atoms. The minimum atomic E-state index is -0.154. The van der Waals surface area contributed by atoms with Gasteiger partial charge in [0.15, 0.2) is 0 Å². The zero-order valence-corrected chi connectivity index (χ0v) is 18.6. The smallest absolute Gasteiger partial charge is 0.244 e. The summed E-state index contributed by atoms with van der Waals surface area (Å²) in [6.45, 7) is 9.49. The van der Waals surface area contributed by atoms with Gasteiger partial charge in [0, 0.05) is 57.3 Å². The van der Waals surface area contributed by atoms with E-state index in [1.54, 1.807) is 4.90 Å². The molecule has 2 aromatic rings. The van der Waals surface area contributed by atoms with Crippen molar-refractivity contribution in [1.29, 1.82) is 0 Å². The Morgan fingerprint density at radius 3 is 2.39 bits per heavy atom. The van der Waals surface area contributed by atoms with Gasteiger partial charge in [0.05, 0.1) is 13.1 Å². The van der Waals surface area contributed by atoms with Crippen LogP contribution in [0.15, 0.2) is 48.8 Å². The second kappa shape index (κ2) is 11.6. The van der Waals surface area contributed by atoms with Gasteiger partial charge >= 0.3 is 0 Å². The van der Waals surface area contributed by atoms with Gasteiger partial charge < -0.3 is 10.2 Å². The lowest BCUT2D eigenvalue weighted by Gasteiger charge is -2.35. The van der Waals surface area contributed by atoms with Gasteiger partial charge in [0.2, 0.25) is 11.8 Å². The second-order valence-electron chi connectivity index (χ2n) is 8.09. The molecule has 7 heteroatoms. The first-order chi connectivity index (χ1) is 15.0. The van der Waals surface area contributed by atoms with Crippen molar-refractivity contribution in [3.05, 3.63) is 59.9 Å². The molecule has 166 valence electrons.